The number of carbonyl (C=O) groups excluding carboxylic acids is 3. The molecule has 3 rings (SSSR count). The second-order valence-electron chi connectivity index (χ2n) is 6.37. The normalized spacial score (nSPS) is 19.2. The molecule has 4 amide bonds. The average Bonchev–Trinajstić information content (AvgIpc) is 2.75. The van der Waals surface area contributed by atoms with E-state index in [9.17, 15) is 14.4 Å². The Bertz CT molecular complexity index is 683. The van der Waals surface area contributed by atoms with Gasteiger partial charge in [-0.25, -0.2) is 4.79 Å². The van der Waals surface area contributed by atoms with E-state index in [1.165, 1.54) is 7.05 Å². The zero-order valence-corrected chi connectivity index (χ0v) is 14.1. The highest BCUT2D eigenvalue weighted by Crippen LogP contribution is 2.32. The molecule has 0 saturated carbocycles. The number of ether oxygens (including phenoxy) is 1. The van der Waals surface area contributed by atoms with Crippen LogP contribution in [0.5, 0.6) is 5.75 Å². The van der Waals surface area contributed by atoms with E-state index in [0.717, 1.165) is 0 Å². The second kappa shape index (κ2) is 7.10. The van der Waals surface area contributed by atoms with Gasteiger partial charge in [0.2, 0.25) is 5.91 Å². The molecule has 0 bridgehead atoms. The van der Waals surface area contributed by atoms with Crippen molar-refractivity contribution < 1.29 is 19.1 Å². The molecule has 1 saturated heterocycles. The summed E-state index contributed by atoms with van der Waals surface area (Å²) in [5.41, 5.74) is 0.0857. The van der Waals surface area contributed by atoms with Gasteiger partial charge in [0.15, 0.2) is 0 Å². The first kappa shape index (κ1) is 17.2. The number of hydrogen-bond donors (Lipinski definition) is 3. The molecule has 2 aliphatic heterocycles. The standard InChI is InChI=1S/C17H22N4O4/c1-18-16(24)20-14(22)10-21-8-6-17(7-9-21)11-19-15(23)12-4-2-3-5-13(12)25-17/h2-5H,6-11H2,1H3,(H,19,23)(H2,18,20,22,24). The third kappa shape index (κ3) is 3.90. The fraction of sp³-hybridized carbons (Fsp3) is 0.471. The fourth-order valence-electron chi connectivity index (χ4n) is 3.18. The van der Waals surface area contributed by atoms with E-state index < -0.39 is 11.6 Å². The number of rotatable bonds is 2. The van der Waals surface area contributed by atoms with Gasteiger partial charge in [-0.1, -0.05) is 12.1 Å². The van der Waals surface area contributed by atoms with Crippen molar-refractivity contribution in [2.24, 2.45) is 0 Å². The number of fused-ring (bicyclic) bond motifs is 1. The van der Waals surface area contributed by atoms with Gasteiger partial charge in [0, 0.05) is 33.0 Å². The Morgan fingerprint density at radius 2 is 2.00 bits per heavy atom. The number of benzene rings is 1. The molecule has 8 nitrogen and oxygen atoms in total. The minimum Gasteiger partial charge on any atom is -0.485 e. The van der Waals surface area contributed by atoms with Crippen LogP contribution in [0.3, 0.4) is 0 Å². The van der Waals surface area contributed by atoms with E-state index in [1.807, 2.05) is 23.1 Å². The topological polar surface area (TPSA) is 99.8 Å². The summed E-state index contributed by atoms with van der Waals surface area (Å²) in [6.45, 7) is 1.91. The summed E-state index contributed by atoms with van der Waals surface area (Å²) in [4.78, 5) is 37.1. The first-order valence-corrected chi connectivity index (χ1v) is 8.31. The average molecular weight is 346 g/mol. The summed E-state index contributed by atoms with van der Waals surface area (Å²) in [7, 11) is 1.46. The third-order valence-electron chi connectivity index (χ3n) is 4.64. The van der Waals surface area contributed by atoms with E-state index in [4.69, 9.17) is 4.74 Å². The van der Waals surface area contributed by atoms with E-state index in [0.29, 0.717) is 43.8 Å². The first-order valence-electron chi connectivity index (χ1n) is 8.31. The molecular weight excluding hydrogens is 324 g/mol. The smallest absolute Gasteiger partial charge is 0.321 e. The molecule has 0 aromatic heterocycles. The molecule has 1 spiro atoms. The summed E-state index contributed by atoms with van der Waals surface area (Å²) in [5, 5.41) is 7.54. The summed E-state index contributed by atoms with van der Waals surface area (Å²) < 4.78 is 6.22. The van der Waals surface area contributed by atoms with Crippen LogP contribution < -0.4 is 20.7 Å². The number of para-hydroxylation sites is 1. The highest BCUT2D eigenvalue weighted by molar-refractivity contribution is 5.97. The minimum absolute atomic E-state index is 0.125. The van der Waals surface area contributed by atoms with Crippen LogP contribution in [0.15, 0.2) is 24.3 Å². The molecule has 0 atom stereocenters. The molecule has 25 heavy (non-hydrogen) atoms. The number of imide groups is 1. The van der Waals surface area contributed by atoms with Gasteiger partial charge in [0.25, 0.3) is 5.91 Å². The summed E-state index contributed by atoms with van der Waals surface area (Å²) >= 11 is 0. The van der Waals surface area contributed by atoms with Crippen molar-refractivity contribution in [2.75, 3.05) is 33.2 Å². The van der Waals surface area contributed by atoms with E-state index in [1.54, 1.807) is 6.07 Å². The van der Waals surface area contributed by atoms with Crippen LogP contribution in [0.2, 0.25) is 0 Å². The maximum absolute atomic E-state index is 12.2. The lowest BCUT2D eigenvalue weighted by atomic mass is 9.91. The monoisotopic (exact) mass is 346 g/mol. The summed E-state index contributed by atoms with van der Waals surface area (Å²) in [5.74, 6) is 0.138. The predicted molar refractivity (Wildman–Crippen MR) is 90.4 cm³/mol. The predicted octanol–water partition coefficient (Wildman–Crippen LogP) is 0.0990. The van der Waals surface area contributed by atoms with Gasteiger partial charge in [0.05, 0.1) is 18.7 Å². The van der Waals surface area contributed by atoms with Crippen molar-refractivity contribution in [1.29, 1.82) is 0 Å². The van der Waals surface area contributed by atoms with Crippen LogP contribution in [0.25, 0.3) is 0 Å². The fourth-order valence-corrected chi connectivity index (χ4v) is 3.18. The summed E-state index contributed by atoms with van der Waals surface area (Å²) in [6, 6.07) is 6.72. The van der Waals surface area contributed by atoms with E-state index in [2.05, 4.69) is 16.0 Å². The van der Waals surface area contributed by atoms with E-state index in [-0.39, 0.29) is 18.4 Å². The number of nitrogens with zero attached hydrogens (tertiary/aromatic N) is 1. The molecule has 1 aromatic rings. The van der Waals surface area contributed by atoms with Crippen molar-refractivity contribution in [1.82, 2.24) is 20.9 Å². The van der Waals surface area contributed by atoms with Crippen molar-refractivity contribution >= 4 is 17.8 Å². The van der Waals surface area contributed by atoms with Gasteiger partial charge in [-0.2, -0.15) is 0 Å². The Balaban J connectivity index is 1.61. The molecule has 8 heteroatoms. The molecule has 3 N–H and O–H groups in total. The Morgan fingerprint density at radius 1 is 1.28 bits per heavy atom. The van der Waals surface area contributed by atoms with Crippen molar-refractivity contribution in [3.63, 3.8) is 0 Å². The molecule has 0 unspecified atom stereocenters. The van der Waals surface area contributed by atoms with Crippen molar-refractivity contribution in [2.45, 2.75) is 18.4 Å². The lowest BCUT2D eigenvalue weighted by Crippen LogP contribution is -2.54. The molecule has 0 radical (unpaired) electrons. The van der Waals surface area contributed by atoms with Gasteiger partial charge < -0.3 is 15.4 Å². The van der Waals surface area contributed by atoms with Crippen LogP contribution in [0.4, 0.5) is 4.79 Å². The maximum Gasteiger partial charge on any atom is 0.321 e. The highest BCUT2D eigenvalue weighted by Gasteiger charge is 2.40. The maximum atomic E-state index is 12.2. The highest BCUT2D eigenvalue weighted by atomic mass is 16.5. The number of hydrogen-bond acceptors (Lipinski definition) is 5. The lowest BCUT2D eigenvalue weighted by molar-refractivity contribution is -0.122. The van der Waals surface area contributed by atoms with Crippen LogP contribution >= 0.6 is 0 Å². The quantitative estimate of drug-likeness (QED) is 0.705. The number of amides is 4. The minimum atomic E-state index is -0.509. The van der Waals surface area contributed by atoms with Crippen molar-refractivity contribution in [3.8, 4) is 5.75 Å². The largest absolute Gasteiger partial charge is 0.485 e. The number of piperidine rings is 1. The van der Waals surface area contributed by atoms with Crippen LogP contribution in [-0.4, -0.2) is 61.6 Å². The molecule has 2 aliphatic rings. The Morgan fingerprint density at radius 3 is 2.72 bits per heavy atom. The zero-order chi connectivity index (χ0) is 17.9. The van der Waals surface area contributed by atoms with Gasteiger partial charge in [-0.05, 0) is 12.1 Å². The van der Waals surface area contributed by atoms with Gasteiger partial charge in [-0.3, -0.25) is 19.8 Å². The number of likely N-dealkylation sites (tertiary alicyclic amines) is 1. The SMILES string of the molecule is CNC(=O)NC(=O)CN1CCC2(CC1)CNC(=O)c1ccccc1O2. The van der Waals surface area contributed by atoms with Gasteiger partial charge >= 0.3 is 6.03 Å². The van der Waals surface area contributed by atoms with Gasteiger partial charge in [0.1, 0.15) is 11.4 Å². The van der Waals surface area contributed by atoms with Crippen LogP contribution in [0, 0.1) is 0 Å². The number of nitrogens with one attached hydrogen (secondary N) is 3. The molecule has 1 fully saturated rings. The zero-order valence-electron chi connectivity index (χ0n) is 14.1. The van der Waals surface area contributed by atoms with Crippen molar-refractivity contribution in [3.05, 3.63) is 29.8 Å². The van der Waals surface area contributed by atoms with Gasteiger partial charge in [-0.15, -0.1) is 0 Å². The number of carbonyl (C=O) groups is 3. The summed E-state index contributed by atoms with van der Waals surface area (Å²) in [6.07, 6.45) is 1.38. The van der Waals surface area contributed by atoms with Crippen LogP contribution in [0.1, 0.15) is 23.2 Å². The third-order valence-corrected chi connectivity index (χ3v) is 4.64. The molecule has 0 aliphatic carbocycles. The number of urea groups is 1. The Kier molecular flexibility index (Phi) is 4.89. The molecule has 134 valence electrons. The Hall–Kier alpha value is -2.61. The second-order valence-corrected chi connectivity index (χ2v) is 6.37. The molecule has 1 aromatic carbocycles. The first-order chi connectivity index (χ1) is 12.0. The van der Waals surface area contributed by atoms with E-state index >= 15 is 0 Å². The molecule has 2 heterocycles. The Labute approximate surface area is 145 Å². The molecular formula is C17H22N4O4. The van der Waals surface area contributed by atoms with Crippen LogP contribution in [-0.2, 0) is 4.79 Å². The lowest BCUT2D eigenvalue weighted by Gasteiger charge is -2.40.